The van der Waals surface area contributed by atoms with Crippen LogP contribution in [0.3, 0.4) is 0 Å². The summed E-state index contributed by atoms with van der Waals surface area (Å²) in [4.78, 5) is 14.2. The molecule has 162 valence electrons. The van der Waals surface area contributed by atoms with Crippen molar-refractivity contribution in [2.24, 2.45) is 5.92 Å². The van der Waals surface area contributed by atoms with Crippen molar-refractivity contribution in [2.45, 2.75) is 51.2 Å². The molecule has 1 atom stereocenters. The Hall–Kier alpha value is -2.67. The summed E-state index contributed by atoms with van der Waals surface area (Å²) in [6, 6.07) is 8.76. The molecule has 0 amide bonds. The van der Waals surface area contributed by atoms with Gasteiger partial charge in [-0.1, -0.05) is 0 Å². The number of fused-ring (bicyclic) bond motifs is 1. The first kappa shape index (κ1) is 19.0. The van der Waals surface area contributed by atoms with E-state index in [9.17, 15) is 0 Å². The van der Waals surface area contributed by atoms with Crippen LogP contribution in [0.25, 0.3) is 22.3 Å². The zero-order valence-electron chi connectivity index (χ0n) is 18.3. The summed E-state index contributed by atoms with van der Waals surface area (Å²) in [5, 5.41) is 8.75. The second-order valence-electron chi connectivity index (χ2n) is 9.83. The molecule has 2 saturated carbocycles. The number of nitrogens with one attached hydrogen (secondary N) is 1. The fourth-order valence-electron chi connectivity index (χ4n) is 4.57. The smallest absolute Gasteiger partial charge is 0.132 e. The molecular formula is C24H30N6O. The normalized spacial score (nSPS) is 23.3. The zero-order valence-corrected chi connectivity index (χ0v) is 18.3. The SMILES string of the molecule is C[C@@H]1CN(c2cc(-c3n[nH]c4ccc(OC5(C)CC5)cc34)ncn2)CCN1CC1CC1. The highest BCUT2D eigenvalue weighted by atomic mass is 16.5. The fraction of sp³-hybridized carbons (Fsp3) is 0.542. The van der Waals surface area contributed by atoms with Gasteiger partial charge >= 0.3 is 0 Å². The second-order valence-corrected chi connectivity index (χ2v) is 9.83. The largest absolute Gasteiger partial charge is 0.488 e. The zero-order chi connectivity index (χ0) is 21.0. The predicted octanol–water partition coefficient (Wildman–Crippen LogP) is 3.87. The summed E-state index contributed by atoms with van der Waals surface area (Å²) in [7, 11) is 0. The maximum absolute atomic E-state index is 6.17. The van der Waals surface area contributed by atoms with E-state index in [-0.39, 0.29) is 5.60 Å². The molecule has 7 nitrogen and oxygen atoms in total. The topological polar surface area (TPSA) is 70.2 Å². The average molecular weight is 419 g/mol. The van der Waals surface area contributed by atoms with Gasteiger partial charge in [-0.25, -0.2) is 9.97 Å². The molecule has 3 aromatic rings. The van der Waals surface area contributed by atoms with E-state index in [0.717, 1.165) is 72.3 Å². The van der Waals surface area contributed by atoms with Gasteiger partial charge in [-0.3, -0.25) is 10.00 Å². The number of benzene rings is 1. The first-order chi connectivity index (χ1) is 15.1. The third kappa shape index (κ3) is 3.87. The van der Waals surface area contributed by atoms with Crippen LogP contribution in [-0.2, 0) is 0 Å². The number of aromatic nitrogens is 4. The Balaban J connectivity index is 1.25. The van der Waals surface area contributed by atoms with Crippen molar-refractivity contribution in [3.8, 4) is 17.1 Å². The third-order valence-electron chi connectivity index (χ3n) is 7.03. The van der Waals surface area contributed by atoms with Gasteiger partial charge in [0.05, 0.1) is 11.2 Å². The van der Waals surface area contributed by atoms with Crippen LogP contribution < -0.4 is 9.64 Å². The van der Waals surface area contributed by atoms with Crippen molar-refractivity contribution < 1.29 is 4.74 Å². The molecule has 0 bridgehead atoms. The van der Waals surface area contributed by atoms with E-state index in [4.69, 9.17) is 4.74 Å². The molecule has 0 radical (unpaired) electrons. The summed E-state index contributed by atoms with van der Waals surface area (Å²) in [5.74, 6) is 2.81. The molecule has 1 saturated heterocycles. The van der Waals surface area contributed by atoms with Crippen molar-refractivity contribution in [2.75, 3.05) is 31.1 Å². The van der Waals surface area contributed by atoms with Gasteiger partial charge in [-0.2, -0.15) is 5.10 Å². The lowest BCUT2D eigenvalue weighted by Crippen LogP contribution is -2.52. The number of H-pyrrole nitrogens is 1. The molecule has 0 spiro atoms. The molecule has 7 heteroatoms. The van der Waals surface area contributed by atoms with Crippen LogP contribution in [0.4, 0.5) is 5.82 Å². The Morgan fingerprint density at radius 3 is 2.81 bits per heavy atom. The summed E-state index contributed by atoms with van der Waals surface area (Å²) in [6.45, 7) is 8.86. The number of anilines is 1. The second kappa shape index (κ2) is 7.19. The maximum atomic E-state index is 6.17. The van der Waals surface area contributed by atoms with Crippen LogP contribution in [0.2, 0.25) is 0 Å². The lowest BCUT2D eigenvalue weighted by Gasteiger charge is -2.40. The molecular weight excluding hydrogens is 388 g/mol. The molecule has 3 heterocycles. The molecule has 1 aliphatic heterocycles. The van der Waals surface area contributed by atoms with Gasteiger partial charge in [0.15, 0.2) is 0 Å². The average Bonchev–Trinajstić information content (AvgIpc) is 3.69. The van der Waals surface area contributed by atoms with Crippen LogP contribution in [-0.4, -0.2) is 62.9 Å². The monoisotopic (exact) mass is 418 g/mol. The van der Waals surface area contributed by atoms with Crippen molar-refractivity contribution >= 4 is 16.7 Å². The molecule has 1 N–H and O–H groups in total. The number of ether oxygens (including phenoxy) is 1. The van der Waals surface area contributed by atoms with Crippen LogP contribution in [0.15, 0.2) is 30.6 Å². The molecule has 6 rings (SSSR count). The molecule has 3 aliphatic rings. The van der Waals surface area contributed by atoms with Crippen molar-refractivity contribution in [1.29, 1.82) is 0 Å². The molecule has 0 unspecified atom stereocenters. The number of aromatic amines is 1. The first-order valence-corrected chi connectivity index (χ1v) is 11.5. The van der Waals surface area contributed by atoms with Gasteiger partial charge < -0.3 is 9.64 Å². The molecule has 3 fully saturated rings. The van der Waals surface area contributed by atoms with Gasteiger partial charge in [0.25, 0.3) is 0 Å². The van der Waals surface area contributed by atoms with Crippen molar-refractivity contribution in [3.05, 3.63) is 30.6 Å². The van der Waals surface area contributed by atoms with E-state index in [1.165, 1.54) is 19.4 Å². The van der Waals surface area contributed by atoms with Gasteiger partial charge in [0.2, 0.25) is 0 Å². The number of hydrogen-bond acceptors (Lipinski definition) is 6. The summed E-state index contributed by atoms with van der Waals surface area (Å²) < 4.78 is 6.17. The number of nitrogens with zero attached hydrogens (tertiary/aromatic N) is 5. The summed E-state index contributed by atoms with van der Waals surface area (Å²) in [5.41, 5.74) is 2.69. The van der Waals surface area contributed by atoms with E-state index in [1.807, 2.05) is 12.1 Å². The van der Waals surface area contributed by atoms with Crippen LogP contribution in [0.5, 0.6) is 5.75 Å². The quantitative estimate of drug-likeness (QED) is 0.655. The molecule has 1 aromatic carbocycles. The fourth-order valence-corrected chi connectivity index (χ4v) is 4.57. The molecule has 2 aromatic heterocycles. The Bertz CT molecular complexity index is 1100. The van der Waals surface area contributed by atoms with Gasteiger partial charge in [0, 0.05) is 43.7 Å². The Morgan fingerprint density at radius 2 is 2.03 bits per heavy atom. The lowest BCUT2D eigenvalue weighted by molar-refractivity contribution is 0.181. The highest BCUT2D eigenvalue weighted by Gasteiger charge is 2.40. The number of rotatable bonds is 6. The van der Waals surface area contributed by atoms with Crippen LogP contribution in [0, 0.1) is 5.92 Å². The van der Waals surface area contributed by atoms with E-state index in [1.54, 1.807) is 6.33 Å². The third-order valence-corrected chi connectivity index (χ3v) is 7.03. The van der Waals surface area contributed by atoms with E-state index >= 15 is 0 Å². The molecule has 31 heavy (non-hydrogen) atoms. The number of hydrogen-bond donors (Lipinski definition) is 1. The van der Waals surface area contributed by atoms with Crippen LogP contribution >= 0.6 is 0 Å². The minimum atomic E-state index is -0.00198. The maximum Gasteiger partial charge on any atom is 0.132 e. The van der Waals surface area contributed by atoms with E-state index < -0.39 is 0 Å². The van der Waals surface area contributed by atoms with E-state index in [0.29, 0.717) is 6.04 Å². The first-order valence-electron chi connectivity index (χ1n) is 11.5. The molecule has 2 aliphatic carbocycles. The highest BCUT2D eigenvalue weighted by Crippen LogP contribution is 2.40. The Morgan fingerprint density at radius 1 is 1.16 bits per heavy atom. The van der Waals surface area contributed by atoms with Gasteiger partial charge in [-0.05, 0) is 63.6 Å². The van der Waals surface area contributed by atoms with Crippen molar-refractivity contribution in [1.82, 2.24) is 25.1 Å². The van der Waals surface area contributed by atoms with Gasteiger partial charge in [0.1, 0.15) is 29.2 Å². The number of piperazine rings is 1. The lowest BCUT2D eigenvalue weighted by atomic mass is 10.1. The minimum Gasteiger partial charge on any atom is -0.488 e. The van der Waals surface area contributed by atoms with Crippen molar-refractivity contribution in [3.63, 3.8) is 0 Å². The summed E-state index contributed by atoms with van der Waals surface area (Å²) in [6.07, 6.45) is 6.71. The predicted molar refractivity (Wildman–Crippen MR) is 121 cm³/mol. The standard InChI is InChI=1S/C24H30N6O/c1-16-13-30(10-9-29(16)14-17-3-4-17)22-12-21(25-15-26-22)23-19-11-18(31-24(2)7-8-24)5-6-20(19)27-28-23/h5-6,11-12,15-17H,3-4,7-10,13-14H2,1-2H3,(H,27,28)/t16-/m1/s1. The van der Waals surface area contributed by atoms with E-state index in [2.05, 4.69) is 55.9 Å². The Kier molecular flexibility index (Phi) is 4.42. The minimum absolute atomic E-state index is 0.00198. The summed E-state index contributed by atoms with van der Waals surface area (Å²) >= 11 is 0. The Labute approximate surface area is 182 Å². The highest BCUT2D eigenvalue weighted by molar-refractivity contribution is 5.93. The van der Waals surface area contributed by atoms with Crippen LogP contribution in [0.1, 0.15) is 39.5 Å². The van der Waals surface area contributed by atoms with Gasteiger partial charge in [-0.15, -0.1) is 0 Å².